The molecule has 1 atom stereocenters. The van der Waals surface area contributed by atoms with Crippen molar-refractivity contribution in [1.82, 2.24) is 4.72 Å². The molecule has 0 unspecified atom stereocenters. The van der Waals surface area contributed by atoms with Crippen molar-refractivity contribution in [3.8, 4) is 0 Å². The van der Waals surface area contributed by atoms with Gasteiger partial charge in [0.2, 0.25) is 10.0 Å². The van der Waals surface area contributed by atoms with E-state index < -0.39 is 21.6 Å². The number of nitrogens with one attached hydrogen (secondary N) is 1. The molecule has 1 N–H and O–H groups in total. The van der Waals surface area contributed by atoms with E-state index in [-0.39, 0.29) is 21.0 Å². The first-order chi connectivity index (χ1) is 9.19. The first-order valence-corrected chi connectivity index (χ1v) is 8.15. The van der Waals surface area contributed by atoms with E-state index in [2.05, 4.69) is 4.72 Å². The molecular weight excluding hydrogens is 325 g/mol. The molecule has 1 aromatic carbocycles. The lowest BCUT2D eigenvalue weighted by atomic mass is 10.2. The minimum atomic E-state index is -3.92. The van der Waals surface area contributed by atoms with Crippen molar-refractivity contribution in [3.05, 3.63) is 27.7 Å². The number of rotatable bonds is 6. The second kappa shape index (κ2) is 6.76. The van der Waals surface area contributed by atoms with Crippen LogP contribution in [0.5, 0.6) is 0 Å². The zero-order valence-electron chi connectivity index (χ0n) is 10.9. The molecule has 0 aliphatic heterocycles. The zero-order chi connectivity index (χ0) is 15.5. The SMILES string of the molecule is CCC[C@@H](C)NS(=O)(=O)c1cc(C(=O)[O-])c(Cl)cc1Cl. The Morgan fingerprint density at radius 1 is 1.35 bits per heavy atom. The van der Waals surface area contributed by atoms with Crippen molar-refractivity contribution < 1.29 is 18.3 Å². The lowest BCUT2D eigenvalue weighted by Crippen LogP contribution is -2.33. The highest BCUT2D eigenvalue weighted by atomic mass is 35.5. The highest BCUT2D eigenvalue weighted by Crippen LogP contribution is 2.28. The van der Waals surface area contributed by atoms with Crippen LogP contribution in [0.2, 0.25) is 10.0 Å². The van der Waals surface area contributed by atoms with Crippen LogP contribution in [0.15, 0.2) is 17.0 Å². The standard InChI is InChI=1S/C12H15Cl2NO4S/c1-3-4-7(2)15-20(18,19)11-5-8(12(16)17)9(13)6-10(11)14/h5-7,15H,3-4H2,1-2H3,(H,16,17)/p-1/t7-/m1/s1. The molecule has 0 aliphatic rings. The number of hydrogen-bond donors (Lipinski definition) is 1. The number of carboxylic acids is 1. The lowest BCUT2D eigenvalue weighted by molar-refractivity contribution is -0.255. The van der Waals surface area contributed by atoms with Crippen molar-refractivity contribution in [2.75, 3.05) is 0 Å². The molecule has 0 aliphatic carbocycles. The largest absolute Gasteiger partial charge is 0.545 e. The van der Waals surface area contributed by atoms with E-state index in [1.807, 2.05) is 6.92 Å². The van der Waals surface area contributed by atoms with E-state index in [1.54, 1.807) is 6.92 Å². The van der Waals surface area contributed by atoms with E-state index in [0.717, 1.165) is 18.6 Å². The first kappa shape index (κ1) is 17.2. The summed E-state index contributed by atoms with van der Waals surface area (Å²) in [5.41, 5.74) is -0.417. The minimum absolute atomic E-state index is 0.142. The van der Waals surface area contributed by atoms with Crippen LogP contribution in [0, 0.1) is 0 Å². The van der Waals surface area contributed by atoms with Gasteiger partial charge in [-0.05, 0) is 25.5 Å². The van der Waals surface area contributed by atoms with Crippen molar-refractivity contribution in [2.45, 2.75) is 37.6 Å². The fraction of sp³-hybridized carbons (Fsp3) is 0.417. The van der Waals surface area contributed by atoms with Gasteiger partial charge in [0.15, 0.2) is 0 Å². The number of hydrogen-bond acceptors (Lipinski definition) is 4. The Morgan fingerprint density at radius 2 is 1.95 bits per heavy atom. The number of sulfonamides is 1. The maximum atomic E-state index is 12.2. The quantitative estimate of drug-likeness (QED) is 0.857. The summed E-state index contributed by atoms with van der Waals surface area (Å²) in [5, 5.41) is 10.6. The van der Waals surface area contributed by atoms with Gasteiger partial charge in [-0.2, -0.15) is 0 Å². The fourth-order valence-corrected chi connectivity index (χ4v) is 3.84. The highest BCUT2D eigenvalue weighted by molar-refractivity contribution is 7.89. The Bertz CT molecular complexity index is 616. The third-order valence-corrected chi connectivity index (χ3v) is 4.98. The highest BCUT2D eigenvalue weighted by Gasteiger charge is 2.22. The number of carboxylic acid groups (broad SMARTS) is 1. The van der Waals surface area contributed by atoms with Gasteiger partial charge in [0.25, 0.3) is 0 Å². The van der Waals surface area contributed by atoms with E-state index in [1.165, 1.54) is 0 Å². The van der Waals surface area contributed by atoms with Crippen LogP contribution in [-0.2, 0) is 10.0 Å². The molecule has 112 valence electrons. The summed E-state index contributed by atoms with van der Waals surface area (Å²) in [6.07, 6.45) is 1.46. The van der Waals surface area contributed by atoms with Gasteiger partial charge in [0, 0.05) is 11.6 Å². The molecule has 0 spiro atoms. The van der Waals surface area contributed by atoms with Crippen molar-refractivity contribution in [3.63, 3.8) is 0 Å². The summed E-state index contributed by atoms with van der Waals surface area (Å²) in [5.74, 6) is -1.57. The maximum Gasteiger partial charge on any atom is 0.242 e. The van der Waals surface area contributed by atoms with Gasteiger partial charge in [-0.1, -0.05) is 36.5 Å². The van der Waals surface area contributed by atoms with Gasteiger partial charge in [0.05, 0.1) is 16.0 Å². The summed E-state index contributed by atoms with van der Waals surface area (Å²) in [7, 11) is -3.92. The molecule has 0 amide bonds. The summed E-state index contributed by atoms with van der Waals surface area (Å²) in [6.45, 7) is 3.64. The molecule has 1 aromatic rings. The van der Waals surface area contributed by atoms with Gasteiger partial charge in [-0.25, -0.2) is 13.1 Å². The zero-order valence-corrected chi connectivity index (χ0v) is 13.3. The fourth-order valence-electron chi connectivity index (χ4n) is 1.71. The first-order valence-electron chi connectivity index (χ1n) is 5.91. The van der Waals surface area contributed by atoms with E-state index in [4.69, 9.17) is 23.2 Å². The number of carbonyl (C=O) groups excluding carboxylic acids is 1. The summed E-state index contributed by atoms with van der Waals surface area (Å²) in [6, 6.07) is 1.69. The Labute approximate surface area is 127 Å². The van der Waals surface area contributed by atoms with Gasteiger partial charge in [-0.3, -0.25) is 0 Å². The van der Waals surface area contributed by atoms with Gasteiger partial charge in [0.1, 0.15) is 4.90 Å². The topological polar surface area (TPSA) is 86.3 Å². The summed E-state index contributed by atoms with van der Waals surface area (Å²) >= 11 is 11.5. The predicted molar refractivity (Wildman–Crippen MR) is 75.5 cm³/mol. The number of aromatic carboxylic acids is 1. The van der Waals surface area contributed by atoms with Crippen molar-refractivity contribution in [2.24, 2.45) is 0 Å². The second-order valence-electron chi connectivity index (χ2n) is 4.36. The average Bonchev–Trinajstić information content (AvgIpc) is 2.27. The van der Waals surface area contributed by atoms with Gasteiger partial charge >= 0.3 is 0 Å². The average molecular weight is 339 g/mol. The molecule has 0 bridgehead atoms. The molecule has 0 radical (unpaired) electrons. The molecule has 20 heavy (non-hydrogen) atoms. The van der Waals surface area contributed by atoms with Crippen LogP contribution in [0.3, 0.4) is 0 Å². The maximum absolute atomic E-state index is 12.2. The van der Waals surface area contributed by atoms with Gasteiger partial charge < -0.3 is 9.90 Å². The van der Waals surface area contributed by atoms with E-state index in [0.29, 0.717) is 6.42 Å². The summed E-state index contributed by atoms with van der Waals surface area (Å²) in [4.78, 5) is 10.6. The molecule has 0 fully saturated rings. The molecule has 0 saturated carbocycles. The number of benzene rings is 1. The third-order valence-electron chi connectivity index (χ3n) is 2.61. The molecule has 5 nitrogen and oxygen atoms in total. The Kier molecular flexibility index (Phi) is 5.82. The Balaban J connectivity index is 3.24. The van der Waals surface area contributed by atoms with E-state index in [9.17, 15) is 18.3 Å². The van der Waals surface area contributed by atoms with Crippen LogP contribution in [-0.4, -0.2) is 20.4 Å². The third kappa shape index (κ3) is 4.09. The number of halogens is 2. The molecule has 0 heterocycles. The predicted octanol–water partition coefficient (Wildman–Crippen LogP) is 1.82. The summed E-state index contributed by atoms with van der Waals surface area (Å²) < 4.78 is 26.8. The van der Waals surface area contributed by atoms with Crippen LogP contribution >= 0.6 is 23.2 Å². The van der Waals surface area contributed by atoms with Crippen molar-refractivity contribution in [1.29, 1.82) is 0 Å². The monoisotopic (exact) mass is 338 g/mol. The lowest BCUT2D eigenvalue weighted by Gasteiger charge is -2.15. The van der Waals surface area contributed by atoms with Crippen molar-refractivity contribution >= 4 is 39.2 Å². The second-order valence-corrected chi connectivity index (χ2v) is 6.86. The molecule has 8 heteroatoms. The van der Waals surface area contributed by atoms with E-state index >= 15 is 0 Å². The molecular formula is C12H14Cl2NO4S-. The van der Waals surface area contributed by atoms with Crippen LogP contribution in [0.4, 0.5) is 0 Å². The van der Waals surface area contributed by atoms with Crippen LogP contribution in [0.25, 0.3) is 0 Å². The Morgan fingerprint density at radius 3 is 2.45 bits per heavy atom. The Hall–Kier alpha value is -0.820. The minimum Gasteiger partial charge on any atom is -0.545 e. The normalized spacial score (nSPS) is 13.2. The molecule has 0 saturated heterocycles. The van der Waals surface area contributed by atoms with Gasteiger partial charge in [-0.15, -0.1) is 0 Å². The smallest absolute Gasteiger partial charge is 0.242 e. The molecule has 1 rings (SSSR count). The number of carbonyl (C=O) groups is 1. The van der Waals surface area contributed by atoms with Crippen LogP contribution < -0.4 is 9.83 Å². The van der Waals surface area contributed by atoms with Crippen LogP contribution in [0.1, 0.15) is 37.0 Å². The molecule has 0 aromatic heterocycles.